The normalized spacial score (nSPS) is 14.0. The van der Waals surface area contributed by atoms with Crippen molar-refractivity contribution >= 4 is 39.5 Å². The molecule has 0 bridgehead atoms. The monoisotopic (exact) mass is 1370 g/mol. The van der Waals surface area contributed by atoms with E-state index in [9.17, 15) is 43.2 Å². The lowest BCUT2D eigenvalue weighted by molar-refractivity contribution is -0.161. The van der Waals surface area contributed by atoms with E-state index in [1.54, 1.807) is 0 Å². The Balaban J connectivity index is 5.21. The number of esters is 4. The van der Waals surface area contributed by atoms with Crippen molar-refractivity contribution in [2.45, 2.75) is 406 Å². The van der Waals surface area contributed by atoms with Crippen LogP contribution in [0.15, 0.2) is 0 Å². The molecule has 5 atom stereocenters. The first-order valence-electron chi connectivity index (χ1n) is 38.6. The molecular formula is C74H144O17P2. The fourth-order valence-corrected chi connectivity index (χ4v) is 12.9. The van der Waals surface area contributed by atoms with E-state index in [0.29, 0.717) is 25.7 Å². The number of phosphoric acid groups is 2. The van der Waals surface area contributed by atoms with Crippen LogP contribution in [0, 0.1) is 5.92 Å². The van der Waals surface area contributed by atoms with Crippen molar-refractivity contribution in [2.24, 2.45) is 5.92 Å². The van der Waals surface area contributed by atoms with Crippen molar-refractivity contribution in [3.63, 3.8) is 0 Å². The number of aliphatic hydroxyl groups excluding tert-OH is 1. The quantitative estimate of drug-likeness (QED) is 0.0222. The Labute approximate surface area is 568 Å². The Morgan fingerprint density at radius 1 is 0.290 bits per heavy atom. The molecule has 552 valence electrons. The van der Waals surface area contributed by atoms with Gasteiger partial charge < -0.3 is 33.8 Å². The summed E-state index contributed by atoms with van der Waals surface area (Å²) in [7, 11) is -9.90. The molecule has 0 amide bonds. The third-order valence-electron chi connectivity index (χ3n) is 17.3. The standard InChI is InChI=1S/C74H144O17P2/c1-6-9-12-15-18-21-23-25-26-27-28-31-36-40-45-50-55-60-74(79)91-70(64-85-72(77)58-53-48-43-38-35-32-29-30-33-37-41-46-51-56-67(4)5)66-89-93(82,83)87-62-68(75)61-86-92(80,81)88-65-69(63-84-71(76)57-52-47-42-20-17-14-11-8-3)90-73(78)59-54-49-44-39-34-24-22-19-16-13-10-7-2/h67-70,75H,6-66H2,1-5H3,(H,80,81)(H,82,83)/t68-,69+,70+/m0/s1. The highest BCUT2D eigenvalue weighted by Crippen LogP contribution is 2.45. The fourth-order valence-electron chi connectivity index (χ4n) is 11.4. The molecule has 93 heavy (non-hydrogen) atoms. The second kappa shape index (κ2) is 67.3. The fraction of sp³-hybridized carbons (Fsp3) is 0.946. The average Bonchev–Trinajstić information content (AvgIpc) is 3.58. The van der Waals surface area contributed by atoms with Gasteiger partial charge in [-0.3, -0.25) is 37.3 Å². The maximum atomic E-state index is 13.1. The highest BCUT2D eigenvalue weighted by atomic mass is 31.2. The number of carbonyl (C=O) groups excluding carboxylic acids is 4. The van der Waals surface area contributed by atoms with E-state index >= 15 is 0 Å². The van der Waals surface area contributed by atoms with E-state index in [2.05, 4.69) is 34.6 Å². The summed E-state index contributed by atoms with van der Waals surface area (Å²) < 4.78 is 68.4. The number of ether oxygens (including phenoxy) is 4. The summed E-state index contributed by atoms with van der Waals surface area (Å²) in [4.78, 5) is 72.6. The zero-order chi connectivity index (χ0) is 68.4. The van der Waals surface area contributed by atoms with E-state index < -0.39 is 97.5 Å². The molecule has 0 aliphatic heterocycles. The molecule has 0 aliphatic rings. The zero-order valence-corrected chi connectivity index (χ0v) is 62.2. The van der Waals surface area contributed by atoms with Crippen molar-refractivity contribution in [3.8, 4) is 0 Å². The van der Waals surface area contributed by atoms with Crippen molar-refractivity contribution in [1.82, 2.24) is 0 Å². The lowest BCUT2D eigenvalue weighted by atomic mass is 10.0. The number of unbranched alkanes of at least 4 members (excludes halogenated alkanes) is 46. The van der Waals surface area contributed by atoms with E-state index in [1.807, 2.05) is 0 Å². The molecule has 17 nitrogen and oxygen atoms in total. The third-order valence-corrected chi connectivity index (χ3v) is 19.2. The molecule has 3 N–H and O–H groups in total. The summed E-state index contributed by atoms with van der Waals surface area (Å²) >= 11 is 0. The van der Waals surface area contributed by atoms with Crippen LogP contribution >= 0.6 is 15.6 Å². The Kier molecular flexibility index (Phi) is 65.9. The minimum Gasteiger partial charge on any atom is -0.462 e. The number of carbonyl (C=O) groups is 4. The second-order valence-corrected chi connectivity index (χ2v) is 30.1. The lowest BCUT2D eigenvalue weighted by Crippen LogP contribution is -2.30. The molecule has 0 fully saturated rings. The molecule has 0 heterocycles. The summed E-state index contributed by atoms with van der Waals surface area (Å²) in [5.41, 5.74) is 0. The summed E-state index contributed by atoms with van der Waals surface area (Å²) in [6, 6.07) is 0. The van der Waals surface area contributed by atoms with Gasteiger partial charge in [0.2, 0.25) is 0 Å². The maximum absolute atomic E-state index is 13.1. The molecule has 0 radical (unpaired) electrons. The van der Waals surface area contributed by atoms with E-state index in [1.165, 1.54) is 205 Å². The second-order valence-electron chi connectivity index (χ2n) is 27.2. The summed E-state index contributed by atoms with van der Waals surface area (Å²) in [6.45, 7) is 7.28. The van der Waals surface area contributed by atoms with Gasteiger partial charge in [-0.05, 0) is 31.6 Å². The van der Waals surface area contributed by atoms with Crippen LogP contribution in [0.3, 0.4) is 0 Å². The molecule has 0 saturated carbocycles. The topological polar surface area (TPSA) is 237 Å². The summed E-state index contributed by atoms with van der Waals surface area (Å²) in [5.74, 6) is -1.33. The van der Waals surface area contributed by atoms with Crippen LogP contribution in [0.2, 0.25) is 0 Å². The number of hydrogen-bond acceptors (Lipinski definition) is 15. The molecule has 0 aliphatic carbocycles. The number of phosphoric ester groups is 2. The lowest BCUT2D eigenvalue weighted by Gasteiger charge is -2.21. The van der Waals surface area contributed by atoms with E-state index in [4.69, 9.17) is 37.0 Å². The highest BCUT2D eigenvalue weighted by molar-refractivity contribution is 7.47. The smallest absolute Gasteiger partial charge is 0.462 e. The highest BCUT2D eigenvalue weighted by Gasteiger charge is 2.30. The molecule has 0 aromatic heterocycles. The number of rotatable bonds is 74. The van der Waals surface area contributed by atoms with Gasteiger partial charge in [-0.25, -0.2) is 9.13 Å². The Hall–Kier alpha value is -1.94. The predicted molar refractivity (Wildman–Crippen MR) is 377 cm³/mol. The first-order valence-corrected chi connectivity index (χ1v) is 41.6. The molecule has 0 aromatic rings. The van der Waals surface area contributed by atoms with Gasteiger partial charge in [0.1, 0.15) is 19.3 Å². The van der Waals surface area contributed by atoms with Crippen molar-refractivity contribution in [1.29, 1.82) is 0 Å². The minimum absolute atomic E-state index is 0.107. The van der Waals surface area contributed by atoms with Crippen LogP contribution in [0.5, 0.6) is 0 Å². The summed E-state index contributed by atoms with van der Waals surface area (Å²) in [6.07, 6.45) is 55.4. The molecular weight excluding hydrogens is 1220 g/mol. The van der Waals surface area contributed by atoms with Gasteiger partial charge in [0, 0.05) is 25.7 Å². The molecule has 0 aromatic carbocycles. The average molecular weight is 1370 g/mol. The molecule has 0 spiro atoms. The molecule has 0 rings (SSSR count). The zero-order valence-electron chi connectivity index (χ0n) is 60.4. The molecule has 19 heteroatoms. The van der Waals surface area contributed by atoms with Crippen molar-refractivity contribution < 1.29 is 80.2 Å². The van der Waals surface area contributed by atoms with Gasteiger partial charge in [0.25, 0.3) is 0 Å². The van der Waals surface area contributed by atoms with Gasteiger partial charge in [-0.2, -0.15) is 0 Å². The molecule has 2 unspecified atom stereocenters. The van der Waals surface area contributed by atoms with Crippen LogP contribution in [-0.2, 0) is 65.4 Å². The van der Waals surface area contributed by atoms with Gasteiger partial charge in [-0.1, -0.05) is 336 Å². The minimum atomic E-state index is -4.95. The summed E-state index contributed by atoms with van der Waals surface area (Å²) in [5, 5.41) is 10.6. The van der Waals surface area contributed by atoms with E-state index in [0.717, 1.165) is 102 Å². The number of hydrogen-bond donors (Lipinski definition) is 3. The van der Waals surface area contributed by atoms with Crippen LogP contribution in [-0.4, -0.2) is 96.7 Å². The Bertz CT molecular complexity index is 1790. The van der Waals surface area contributed by atoms with Gasteiger partial charge in [-0.15, -0.1) is 0 Å². The van der Waals surface area contributed by atoms with Crippen LogP contribution in [0.25, 0.3) is 0 Å². The van der Waals surface area contributed by atoms with Crippen LogP contribution in [0.4, 0.5) is 0 Å². The van der Waals surface area contributed by atoms with Crippen LogP contribution in [0.1, 0.15) is 388 Å². The first kappa shape index (κ1) is 91.1. The van der Waals surface area contributed by atoms with Gasteiger partial charge in [0.15, 0.2) is 12.2 Å². The van der Waals surface area contributed by atoms with Crippen molar-refractivity contribution in [2.75, 3.05) is 39.6 Å². The Morgan fingerprint density at radius 2 is 0.495 bits per heavy atom. The SMILES string of the molecule is CCCCCCCCCCCCCCCCCCCC(=O)O[C@H](COC(=O)CCCCCCCCCCCCCCCC(C)C)COP(=O)(O)OC[C@@H](O)COP(=O)(O)OC[C@@H](COC(=O)CCCCCCCCCC)OC(=O)CCCCCCCCCCCCCC. The largest absolute Gasteiger partial charge is 0.472 e. The molecule has 0 saturated heterocycles. The Morgan fingerprint density at radius 3 is 0.731 bits per heavy atom. The first-order chi connectivity index (χ1) is 45.0. The van der Waals surface area contributed by atoms with Crippen molar-refractivity contribution in [3.05, 3.63) is 0 Å². The van der Waals surface area contributed by atoms with Gasteiger partial charge >= 0.3 is 39.5 Å². The third kappa shape index (κ3) is 68.4. The van der Waals surface area contributed by atoms with Crippen LogP contribution < -0.4 is 0 Å². The number of aliphatic hydroxyl groups is 1. The van der Waals surface area contributed by atoms with Gasteiger partial charge in [0.05, 0.1) is 26.4 Å². The predicted octanol–water partition coefficient (Wildman–Crippen LogP) is 21.7. The van der Waals surface area contributed by atoms with E-state index in [-0.39, 0.29) is 25.7 Å². The maximum Gasteiger partial charge on any atom is 0.472 e.